The van der Waals surface area contributed by atoms with Gasteiger partial charge in [-0.15, -0.1) is 11.6 Å². The fraction of sp³-hybridized carbons (Fsp3) is 0.100. The molecular formula is C20H18ClP. The largest absolute Gasteiger partial charge is 0.118 e. The Labute approximate surface area is 138 Å². The summed E-state index contributed by atoms with van der Waals surface area (Å²) < 4.78 is 0. The second-order valence-electron chi connectivity index (χ2n) is 5.18. The molecule has 0 heterocycles. The van der Waals surface area contributed by atoms with Crippen LogP contribution in [0.3, 0.4) is 0 Å². The summed E-state index contributed by atoms with van der Waals surface area (Å²) in [5.41, 5.74) is 1.22. The average Bonchev–Trinajstić information content (AvgIpc) is 2.57. The fourth-order valence-corrected chi connectivity index (χ4v) is 5.43. The summed E-state index contributed by atoms with van der Waals surface area (Å²) in [4.78, 5) is 0. The molecule has 110 valence electrons. The van der Waals surface area contributed by atoms with E-state index in [2.05, 4.69) is 84.9 Å². The minimum absolute atomic E-state index is 0.00799. The number of rotatable bonds is 4. The smallest absolute Gasteiger partial charge is 0.0563 e. The summed E-state index contributed by atoms with van der Waals surface area (Å²) in [5.74, 6) is 0. The lowest BCUT2D eigenvalue weighted by atomic mass is 10.2. The fourth-order valence-electron chi connectivity index (χ4n) is 2.61. The zero-order chi connectivity index (χ0) is 15.4. The molecule has 0 saturated carbocycles. The average molecular weight is 325 g/mol. The third-order valence-corrected chi connectivity index (χ3v) is 6.39. The first-order chi connectivity index (χ1) is 10.8. The lowest BCUT2D eigenvalue weighted by molar-refractivity contribution is 1.10. The van der Waals surface area contributed by atoms with Crippen LogP contribution in [0.1, 0.15) is 17.9 Å². The zero-order valence-corrected chi connectivity index (χ0v) is 14.1. The van der Waals surface area contributed by atoms with Crippen LogP contribution in [0.2, 0.25) is 0 Å². The van der Waals surface area contributed by atoms with E-state index in [1.807, 2.05) is 6.92 Å². The molecule has 0 spiro atoms. The summed E-state index contributed by atoms with van der Waals surface area (Å²) in [5, 5.41) is 4.06. The van der Waals surface area contributed by atoms with Gasteiger partial charge in [-0.3, -0.25) is 0 Å². The van der Waals surface area contributed by atoms with Crippen molar-refractivity contribution in [1.29, 1.82) is 0 Å². The Bertz CT molecular complexity index is 683. The highest BCUT2D eigenvalue weighted by Crippen LogP contribution is 2.36. The van der Waals surface area contributed by atoms with Crippen LogP contribution in [0.5, 0.6) is 0 Å². The van der Waals surface area contributed by atoms with E-state index in [0.717, 1.165) is 0 Å². The first-order valence-electron chi connectivity index (χ1n) is 7.40. The monoisotopic (exact) mass is 324 g/mol. The SMILES string of the molecule is C[C@H](Cl)c1ccccc1P(c1ccccc1)c1ccccc1. The van der Waals surface area contributed by atoms with Crippen LogP contribution in [0.25, 0.3) is 0 Å². The standard InChI is InChI=1S/C20H18ClP/c1-16(21)19-14-8-9-15-20(19)22(17-10-4-2-5-11-17)18-12-6-3-7-13-18/h2-16H,1H3/t16-/m0/s1. The Morgan fingerprint density at radius 1 is 0.682 bits per heavy atom. The van der Waals surface area contributed by atoms with E-state index in [0.29, 0.717) is 0 Å². The Morgan fingerprint density at radius 3 is 1.64 bits per heavy atom. The molecule has 0 bridgehead atoms. The molecule has 22 heavy (non-hydrogen) atoms. The maximum Gasteiger partial charge on any atom is 0.0563 e. The highest BCUT2D eigenvalue weighted by atomic mass is 35.5. The van der Waals surface area contributed by atoms with E-state index < -0.39 is 7.92 Å². The molecular weight excluding hydrogens is 307 g/mol. The van der Waals surface area contributed by atoms with E-state index in [1.165, 1.54) is 21.5 Å². The van der Waals surface area contributed by atoms with Crippen molar-refractivity contribution in [2.75, 3.05) is 0 Å². The van der Waals surface area contributed by atoms with Gasteiger partial charge in [-0.05, 0) is 36.3 Å². The molecule has 0 N–H and O–H groups in total. The second-order valence-corrected chi connectivity index (χ2v) is 8.02. The highest BCUT2D eigenvalue weighted by molar-refractivity contribution is 7.79. The maximum absolute atomic E-state index is 6.44. The van der Waals surface area contributed by atoms with Crippen LogP contribution in [0.15, 0.2) is 84.9 Å². The summed E-state index contributed by atoms with van der Waals surface area (Å²) in [6.07, 6.45) is 0. The third kappa shape index (κ3) is 3.24. The first-order valence-corrected chi connectivity index (χ1v) is 9.18. The number of halogens is 1. The maximum atomic E-state index is 6.44. The molecule has 3 aromatic rings. The van der Waals surface area contributed by atoms with E-state index in [4.69, 9.17) is 11.6 Å². The van der Waals surface area contributed by atoms with E-state index in [9.17, 15) is 0 Å². The minimum Gasteiger partial charge on any atom is -0.118 e. The van der Waals surface area contributed by atoms with Crippen LogP contribution in [-0.2, 0) is 0 Å². The van der Waals surface area contributed by atoms with Gasteiger partial charge in [0.05, 0.1) is 5.38 Å². The quantitative estimate of drug-likeness (QED) is 0.480. The predicted octanol–water partition coefficient (Wildman–Crippen LogP) is 4.74. The van der Waals surface area contributed by atoms with Crippen LogP contribution in [0.4, 0.5) is 0 Å². The van der Waals surface area contributed by atoms with Gasteiger partial charge in [-0.2, -0.15) is 0 Å². The number of hydrogen-bond donors (Lipinski definition) is 0. The van der Waals surface area contributed by atoms with E-state index in [1.54, 1.807) is 0 Å². The number of benzene rings is 3. The summed E-state index contributed by atoms with van der Waals surface area (Å²) in [7, 11) is -0.584. The number of hydrogen-bond acceptors (Lipinski definition) is 0. The van der Waals surface area contributed by atoms with Crippen molar-refractivity contribution in [2.24, 2.45) is 0 Å². The van der Waals surface area contributed by atoms with Gasteiger partial charge in [0.1, 0.15) is 0 Å². The normalized spacial score (nSPS) is 12.3. The molecule has 0 fully saturated rings. The van der Waals surface area contributed by atoms with Gasteiger partial charge >= 0.3 is 0 Å². The third-order valence-electron chi connectivity index (χ3n) is 3.63. The van der Waals surface area contributed by atoms with Crippen LogP contribution >= 0.6 is 19.5 Å². The van der Waals surface area contributed by atoms with E-state index in [-0.39, 0.29) is 5.38 Å². The molecule has 0 aromatic heterocycles. The predicted molar refractivity (Wildman–Crippen MR) is 99.4 cm³/mol. The molecule has 2 heteroatoms. The summed E-state index contributed by atoms with van der Waals surface area (Å²) in [6.45, 7) is 2.05. The van der Waals surface area contributed by atoms with Gasteiger partial charge < -0.3 is 0 Å². The van der Waals surface area contributed by atoms with Gasteiger partial charge in [-0.1, -0.05) is 84.9 Å². The van der Waals surface area contributed by atoms with Crippen molar-refractivity contribution in [3.05, 3.63) is 90.5 Å². The van der Waals surface area contributed by atoms with Crippen molar-refractivity contribution in [1.82, 2.24) is 0 Å². The Morgan fingerprint density at radius 2 is 1.14 bits per heavy atom. The van der Waals surface area contributed by atoms with Crippen molar-refractivity contribution in [2.45, 2.75) is 12.3 Å². The molecule has 0 amide bonds. The molecule has 3 rings (SSSR count). The van der Waals surface area contributed by atoms with Crippen LogP contribution < -0.4 is 15.9 Å². The van der Waals surface area contributed by atoms with Crippen molar-refractivity contribution < 1.29 is 0 Å². The minimum atomic E-state index is -0.584. The van der Waals surface area contributed by atoms with Gasteiger partial charge in [0.2, 0.25) is 0 Å². The highest BCUT2D eigenvalue weighted by Gasteiger charge is 2.20. The van der Waals surface area contributed by atoms with Crippen molar-refractivity contribution >= 4 is 35.4 Å². The molecule has 0 aliphatic rings. The van der Waals surface area contributed by atoms with Gasteiger partial charge in [-0.25, -0.2) is 0 Å². The lowest BCUT2D eigenvalue weighted by Crippen LogP contribution is -2.23. The second kappa shape index (κ2) is 7.09. The molecule has 3 aromatic carbocycles. The Kier molecular flexibility index (Phi) is 4.93. The van der Waals surface area contributed by atoms with Crippen LogP contribution in [0, 0.1) is 0 Å². The molecule has 0 saturated heterocycles. The zero-order valence-electron chi connectivity index (χ0n) is 12.5. The summed E-state index contributed by atoms with van der Waals surface area (Å²) in [6, 6.07) is 30.0. The van der Waals surface area contributed by atoms with Crippen molar-refractivity contribution in [3.63, 3.8) is 0 Å². The molecule has 1 atom stereocenters. The number of alkyl halides is 1. The van der Waals surface area contributed by atoms with Gasteiger partial charge in [0.15, 0.2) is 0 Å². The molecule has 0 aliphatic heterocycles. The van der Waals surface area contributed by atoms with Gasteiger partial charge in [0, 0.05) is 0 Å². The Balaban J connectivity index is 2.19. The molecule has 0 aliphatic carbocycles. The topological polar surface area (TPSA) is 0 Å². The van der Waals surface area contributed by atoms with Gasteiger partial charge in [0.25, 0.3) is 0 Å². The summed E-state index contributed by atoms with van der Waals surface area (Å²) >= 11 is 6.44. The molecule has 0 radical (unpaired) electrons. The Hall–Kier alpha value is -1.62. The van der Waals surface area contributed by atoms with Crippen LogP contribution in [-0.4, -0.2) is 0 Å². The molecule has 0 unspecified atom stereocenters. The van der Waals surface area contributed by atoms with E-state index >= 15 is 0 Å². The van der Waals surface area contributed by atoms with Crippen molar-refractivity contribution in [3.8, 4) is 0 Å². The lowest BCUT2D eigenvalue weighted by Gasteiger charge is -2.23. The molecule has 0 nitrogen and oxygen atoms in total. The first kappa shape index (κ1) is 15.3.